The molecule has 0 radical (unpaired) electrons. The van der Waals surface area contributed by atoms with Crippen LogP contribution in [0.4, 0.5) is 5.69 Å². The summed E-state index contributed by atoms with van der Waals surface area (Å²) in [5.41, 5.74) is -0.819. The summed E-state index contributed by atoms with van der Waals surface area (Å²) < 4.78 is 5.01. The van der Waals surface area contributed by atoms with Crippen molar-refractivity contribution < 1.29 is 19.4 Å². The number of aliphatic hydroxyl groups is 1. The molecule has 5 nitrogen and oxygen atoms in total. The molecule has 0 bridgehead atoms. The second-order valence-corrected chi connectivity index (χ2v) is 7.97. The zero-order valence-electron chi connectivity index (χ0n) is 14.6. The van der Waals surface area contributed by atoms with E-state index in [4.69, 9.17) is 16.3 Å². The number of esters is 1. The van der Waals surface area contributed by atoms with Crippen LogP contribution in [-0.2, 0) is 14.3 Å². The number of ether oxygens (including phenoxy) is 1. The van der Waals surface area contributed by atoms with E-state index in [-0.39, 0.29) is 0 Å². The molecule has 0 saturated heterocycles. The molecule has 1 fully saturated rings. The minimum Gasteiger partial charge on any atom is -0.453 e. The summed E-state index contributed by atoms with van der Waals surface area (Å²) in [5.74, 6) is -1.17. The van der Waals surface area contributed by atoms with E-state index < -0.39 is 24.1 Å². The largest absolute Gasteiger partial charge is 0.453 e. The SMILES string of the molecule is O=C(COC(=O)C1(O)CCCC1)Nc1ccccc1Sc1ccc(Cl)cc1. The average Bonchev–Trinajstić information content (AvgIpc) is 3.11. The van der Waals surface area contributed by atoms with Crippen LogP contribution in [0.15, 0.2) is 58.3 Å². The van der Waals surface area contributed by atoms with Gasteiger partial charge >= 0.3 is 5.97 Å². The second kappa shape index (κ2) is 8.78. The number of rotatable bonds is 6. The molecule has 1 aliphatic carbocycles. The summed E-state index contributed by atoms with van der Waals surface area (Å²) in [4.78, 5) is 26.0. The minimum atomic E-state index is -1.44. The summed E-state index contributed by atoms with van der Waals surface area (Å²) in [6.45, 7) is -0.429. The Balaban J connectivity index is 1.59. The van der Waals surface area contributed by atoms with Gasteiger partial charge in [0, 0.05) is 14.8 Å². The molecule has 1 amide bonds. The molecule has 3 rings (SSSR count). The first-order valence-corrected chi connectivity index (χ1v) is 9.88. The van der Waals surface area contributed by atoms with E-state index in [1.54, 1.807) is 18.2 Å². The van der Waals surface area contributed by atoms with Crippen LogP contribution in [0.3, 0.4) is 0 Å². The standard InChI is InChI=1S/C20H20ClNO4S/c21-14-7-9-15(10-8-14)27-17-6-2-1-5-16(17)22-18(23)13-26-19(24)20(25)11-3-4-12-20/h1-2,5-10,25H,3-4,11-13H2,(H,22,23). The lowest BCUT2D eigenvalue weighted by Crippen LogP contribution is -2.38. The lowest BCUT2D eigenvalue weighted by molar-refractivity contribution is -0.166. The molecule has 2 aromatic carbocycles. The van der Waals surface area contributed by atoms with Gasteiger partial charge in [-0.05, 0) is 62.1 Å². The molecule has 0 aliphatic heterocycles. The Labute approximate surface area is 167 Å². The van der Waals surface area contributed by atoms with E-state index in [0.717, 1.165) is 22.6 Å². The van der Waals surface area contributed by atoms with Gasteiger partial charge in [-0.2, -0.15) is 0 Å². The first-order chi connectivity index (χ1) is 13.0. The fraction of sp³-hybridized carbons (Fsp3) is 0.300. The fourth-order valence-electron chi connectivity index (χ4n) is 2.90. The topological polar surface area (TPSA) is 75.6 Å². The number of hydrogen-bond acceptors (Lipinski definition) is 5. The normalized spacial score (nSPS) is 15.3. The molecule has 27 heavy (non-hydrogen) atoms. The van der Waals surface area contributed by atoms with Crippen LogP contribution in [0.5, 0.6) is 0 Å². The highest BCUT2D eigenvalue weighted by atomic mass is 35.5. The molecule has 142 valence electrons. The van der Waals surface area contributed by atoms with Crippen molar-refractivity contribution in [2.75, 3.05) is 11.9 Å². The third kappa shape index (κ3) is 5.25. The maximum Gasteiger partial charge on any atom is 0.338 e. The highest BCUT2D eigenvalue weighted by Gasteiger charge is 2.40. The maximum absolute atomic E-state index is 12.2. The van der Waals surface area contributed by atoms with Gasteiger partial charge in [0.1, 0.15) is 0 Å². The molecule has 0 aromatic heterocycles. The van der Waals surface area contributed by atoms with Crippen molar-refractivity contribution in [1.29, 1.82) is 0 Å². The Kier molecular flexibility index (Phi) is 6.42. The van der Waals surface area contributed by atoms with E-state index >= 15 is 0 Å². The highest BCUT2D eigenvalue weighted by Crippen LogP contribution is 2.34. The van der Waals surface area contributed by atoms with Gasteiger partial charge in [-0.3, -0.25) is 4.79 Å². The van der Waals surface area contributed by atoms with Gasteiger partial charge in [-0.15, -0.1) is 0 Å². The Hall–Kier alpha value is -2.02. The molecule has 0 unspecified atom stereocenters. The van der Waals surface area contributed by atoms with Gasteiger partial charge < -0.3 is 15.2 Å². The van der Waals surface area contributed by atoms with Crippen molar-refractivity contribution in [3.8, 4) is 0 Å². The van der Waals surface area contributed by atoms with E-state index in [9.17, 15) is 14.7 Å². The molecular weight excluding hydrogens is 386 g/mol. The number of nitrogens with one attached hydrogen (secondary N) is 1. The summed E-state index contributed by atoms with van der Waals surface area (Å²) >= 11 is 7.39. The van der Waals surface area contributed by atoms with Crippen LogP contribution in [0.2, 0.25) is 5.02 Å². The van der Waals surface area contributed by atoms with Crippen molar-refractivity contribution in [1.82, 2.24) is 0 Å². The number of anilines is 1. The Morgan fingerprint density at radius 2 is 1.78 bits per heavy atom. The molecule has 0 spiro atoms. The fourth-order valence-corrected chi connectivity index (χ4v) is 3.93. The minimum absolute atomic E-state index is 0.383. The van der Waals surface area contributed by atoms with Gasteiger partial charge in [0.15, 0.2) is 12.2 Å². The number of halogens is 1. The summed E-state index contributed by atoms with van der Waals surface area (Å²) in [6.07, 6.45) is 2.34. The number of hydrogen-bond donors (Lipinski definition) is 2. The van der Waals surface area contributed by atoms with Crippen molar-refractivity contribution >= 4 is 40.9 Å². The van der Waals surface area contributed by atoms with E-state index in [2.05, 4.69) is 5.32 Å². The first kappa shape index (κ1) is 19.7. The maximum atomic E-state index is 12.2. The lowest BCUT2D eigenvalue weighted by atomic mass is 10.0. The van der Waals surface area contributed by atoms with E-state index in [0.29, 0.717) is 23.6 Å². The Bertz CT molecular complexity index is 819. The molecule has 2 N–H and O–H groups in total. The molecule has 0 heterocycles. The monoisotopic (exact) mass is 405 g/mol. The van der Waals surface area contributed by atoms with E-state index in [1.165, 1.54) is 11.8 Å². The number of para-hydroxylation sites is 1. The van der Waals surface area contributed by atoms with Crippen molar-refractivity contribution in [2.24, 2.45) is 0 Å². The van der Waals surface area contributed by atoms with Crippen LogP contribution in [0, 0.1) is 0 Å². The Morgan fingerprint density at radius 1 is 1.11 bits per heavy atom. The van der Waals surface area contributed by atoms with E-state index in [1.807, 2.05) is 30.3 Å². The zero-order chi connectivity index (χ0) is 19.3. The van der Waals surface area contributed by atoms with Gasteiger partial charge in [0.05, 0.1) is 5.69 Å². The zero-order valence-corrected chi connectivity index (χ0v) is 16.2. The van der Waals surface area contributed by atoms with Crippen molar-refractivity contribution in [3.63, 3.8) is 0 Å². The van der Waals surface area contributed by atoms with Gasteiger partial charge in [-0.25, -0.2) is 4.79 Å². The van der Waals surface area contributed by atoms with Gasteiger partial charge in [0.25, 0.3) is 5.91 Å². The third-order valence-electron chi connectivity index (χ3n) is 4.35. The van der Waals surface area contributed by atoms with Crippen LogP contribution < -0.4 is 5.32 Å². The third-order valence-corrected chi connectivity index (χ3v) is 5.68. The second-order valence-electron chi connectivity index (χ2n) is 6.42. The molecule has 7 heteroatoms. The average molecular weight is 406 g/mol. The Morgan fingerprint density at radius 3 is 2.48 bits per heavy atom. The summed E-state index contributed by atoms with van der Waals surface area (Å²) in [6, 6.07) is 14.8. The highest BCUT2D eigenvalue weighted by molar-refractivity contribution is 7.99. The smallest absolute Gasteiger partial charge is 0.338 e. The van der Waals surface area contributed by atoms with Gasteiger partial charge in [0.2, 0.25) is 0 Å². The number of benzene rings is 2. The number of carbonyl (C=O) groups is 2. The molecule has 0 atom stereocenters. The van der Waals surface area contributed by atoms with Crippen LogP contribution in [0.1, 0.15) is 25.7 Å². The first-order valence-electron chi connectivity index (χ1n) is 8.68. The predicted octanol–water partition coefficient (Wildman–Crippen LogP) is 4.28. The molecular formula is C20H20ClNO4S. The molecule has 2 aromatic rings. The number of amides is 1. The van der Waals surface area contributed by atoms with Crippen LogP contribution in [0.25, 0.3) is 0 Å². The lowest BCUT2D eigenvalue weighted by Gasteiger charge is -2.19. The van der Waals surface area contributed by atoms with Crippen molar-refractivity contribution in [3.05, 3.63) is 53.6 Å². The molecule has 1 aliphatic rings. The number of carbonyl (C=O) groups excluding carboxylic acids is 2. The predicted molar refractivity (Wildman–Crippen MR) is 105 cm³/mol. The molecule has 1 saturated carbocycles. The van der Waals surface area contributed by atoms with Gasteiger partial charge in [-0.1, -0.05) is 35.5 Å². The van der Waals surface area contributed by atoms with Crippen LogP contribution >= 0.6 is 23.4 Å². The quantitative estimate of drug-likeness (QED) is 0.701. The summed E-state index contributed by atoms with van der Waals surface area (Å²) in [5, 5.41) is 13.6. The van der Waals surface area contributed by atoms with Crippen molar-refractivity contribution in [2.45, 2.75) is 41.1 Å². The summed E-state index contributed by atoms with van der Waals surface area (Å²) in [7, 11) is 0. The van der Waals surface area contributed by atoms with Crippen LogP contribution in [-0.4, -0.2) is 29.2 Å².